The third-order valence-electron chi connectivity index (χ3n) is 4.26. The van der Waals surface area contributed by atoms with E-state index in [1.165, 1.54) is 18.3 Å². The zero-order valence-corrected chi connectivity index (χ0v) is 12.5. The molecule has 126 valence electrons. The number of ether oxygens (including phenoxy) is 1. The van der Waals surface area contributed by atoms with Crippen molar-refractivity contribution < 1.29 is 22.7 Å². The molecule has 2 fully saturated rings. The summed E-state index contributed by atoms with van der Waals surface area (Å²) in [5, 5.41) is 3.32. The van der Waals surface area contributed by atoms with Crippen molar-refractivity contribution >= 4 is 5.91 Å². The van der Waals surface area contributed by atoms with Crippen LogP contribution in [0.25, 0.3) is 0 Å². The van der Waals surface area contributed by atoms with E-state index in [-0.39, 0.29) is 23.9 Å². The Labute approximate surface area is 131 Å². The minimum absolute atomic E-state index is 0.115. The van der Waals surface area contributed by atoms with Gasteiger partial charge in [-0.1, -0.05) is 0 Å². The van der Waals surface area contributed by atoms with E-state index in [0.29, 0.717) is 5.56 Å². The van der Waals surface area contributed by atoms with Gasteiger partial charge in [0.2, 0.25) is 5.88 Å². The Kier molecular flexibility index (Phi) is 4.43. The number of fused-ring (bicyclic) bond motifs is 2. The third-order valence-corrected chi connectivity index (χ3v) is 4.26. The first kappa shape index (κ1) is 16.0. The summed E-state index contributed by atoms with van der Waals surface area (Å²) in [6.07, 6.45) is -0.232. The van der Waals surface area contributed by atoms with Crippen LogP contribution in [-0.2, 0) is 0 Å². The highest BCUT2D eigenvalue weighted by Gasteiger charge is 2.38. The molecule has 0 aliphatic carbocycles. The lowest BCUT2D eigenvalue weighted by atomic mass is 10.1. The molecular weight excluding hydrogens is 311 g/mol. The second-order valence-corrected chi connectivity index (χ2v) is 5.88. The fourth-order valence-corrected chi connectivity index (χ4v) is 3.21. The van der Waals surface area contributed by atoms with Gasteiger partial charge in [-0.05, 0) is 31.9 Å². The molecule has 2 atom stereocenters. The summed E-state index contributed by atoms with van der Waals surface area (Å²) in [5.41, 5.74) is 0.378. The number of nitrogens with one attached hydrogen (secondary N) is 1. The van der Waals surface area contributed by atoms with Crippen LogP contribution in [0.5, 0.6) is 5.88 Å². The number of pyridine rings is 1. The van der Waals surface area contributed by atoms with Gasteiger partial charge >= 0.3 is 6.18 Å². The number of hydrogen-bond acceptors (Lipinski definition) is 4. The smallest absolute Gasteiger partial charge is 0.422 e. The van der Waals surface area contributed by atoms with E-state index in [1.807, 2.05) is 4.90 Å². The van der Waals surface area contributed by atoms with Crippen LogP contribution in [-0.4, -0.2) is 53.7 Å². The van der Waals surface area contributed by atoms with E-state index in [2.05, 4.69) is 15.0 Å². The quantitative estimate of drug-likeness (QED) is 0.921. The van der Waals surface area contributed by atoms with E-state index in [0.717, 1.165) is 32.4 Å². The van der Waals surface area contributed by atoms with Gasteiger partial charge in [0, 0.05) is 30.9 Å². The minimum atomic E-state index is -4.41. The molecule has 0 spiro atoms. The van der Waals surface area contributed by atoms with E-state index in [1.54, 1.807) is 0 Å². The normalized spacial score (nSPS) is 24.4. The fraction of sp³-hybridized carbons (Fsp3) is 0.600. The van der Waals surface area contributed by atoms with Crippen molar-refractivity contribution in [2.24, 2.45) is 0 Å². The molecule has 2 bridgehead atoms. The molecule has 1 aromatic rings. The van der Waals surface area contributed by atoms with Gasteiger partial charge in [0.15, 0.2) is 6.61 Å². The highest BCUT2D eigenvalue weighted by Crippen LogP contribution is 2.29. The van der Waals surface area contributed by atoms with Gasteiger partial charge in [-0.3, -0.25) is 4.79 Å². The maximum atomic E-state index is 12.7. The highest BCUT2D eigenvalue weighted by molar-refractivity contribution is 5.94. The average Bonchev–Trinajstić information content (AvgIpc) is 2.77. The molecule has 3 heterocycles. The minimum Gasteiger partial charge on any atom is -0.468 e. The summed E-state index contributed by atoms with van der Waals surface area (Å²) < 4.78 is 40.9. The number of nitrogens with zero attached hydrogens (tertiary/aromatic N) is 2. The molecule has 8 heteroatoms. The number of amides is 1. The summed E-state index contributed by atoms with van der Waals surface area (Å²) in [6.45, 7) is 0.283. The molecule has 0 aromatic carbocycles. The van der Waals surface area contributed by atoms with Crippen LogP contribution in [0, 0.1) is 0 Å². The molecule has 3 rings (SSSR count). The largest absolute Gasteiger partial charge is 0.468 e. The molecule has 2 aliphatic heterocycles. The molecule has 0 radical (unpaired) electrons. The molecule has 1 aromatic heterocycles. The Hall–Kier alpha value is -1.83. The number of rotatable bonds is 3. The van der Waals surface area contributed by atoms with Gasteiger partial charge in [-0.25, -0.2) is 4.98 Å². The van der Waals surface area contributed by atoms with Gasteiger partial charge in [0.1, 0.15) is 0 Å². The Morgan fingerprint density at radius 1 is 1.30 bits per heavy atom. The zero-order chi connectivity index (χ0) is 16.4. The van der Waals surface area contributed by atoms with Crippen molar-refractivity contribution in [3.05, 3.63) is 23.9 Å². The molecule has 2 saturated heterocycles. The van der Waals surface area contributed by atoms with Crippen LogP contribution in [0.4, 0.5) is 13.2 Å². The molecule has 23 heavy (non-hydrogen) atoms. The predicted molar refractivity (Wildman–Crippen MR) is 76.3 cm³/mol. The van der Waals surface area contributed by atoms with Crippen molar-refractivity contribution in [1.29, 1.82) is 0 Å². The lowest BCUT2D eigenvalue weighted by Gasteiger charge is -2.27. The summed E-state index contributed by atoms with van der Waals surface area (Å²) in [7, 11) is 0. The summed E-state index contributed by atoms with van der Waals surface area (Å²) in [6, 6.07) is 3.18. The number of aromatic nitrogens is 1. The van der Waals surface area contributed by atoms with Crippen LogP contribution in [0.15, 0.2) is 18.3 Å². The maximum Gasteiger partial charge on any atom is 0.422 e. The Balaban J connectivity index is 1.68. The van der Waals surface area contributed by atoms with Gasteiger partial charge in [-0.2, -0.15) is 13.2 Å². The number of halogens is 3. The van der Waals surface area contributed by atoms with Crippen LogP contribution >= 0.6 is 0 Å². The van der Waals surface area contributed by atoms with Crippen LogP contribution in [0.1, 0.15) is 29.6 Å². The lowest BCUT2D eigenvalue weighted by Crippen LogP contribution is -2.42. The zero-order valence-electron chi connectivity index (χ0n) is 12.5. The number of hydrogen-bond donors (Lipinski definition) is 1. The Morgan fingerprint density at radius 3 is 2.78 bits per heavy atom. The molecule has 1 N–H and O–H groups in total. The highest BCUT2D eigenvalue weighted by atomic mass is 19.4. The molecule has 2 aliphatic rings. The van der Waals surface area contributed by atoms with Crippen LogP contribution in [0.3, 0.4) is 0 Å². The van der Waals surface area contributed by atoms with Gasteiger partial charge in [0.05, 0.1) is 5.56 Å². The van der Waals surface area contributed by atoms with Crippen molar-refractivity contribution in [1.82, 2.24) is 15.2 Å². The Bertz CT molecular complexity index is 548. The summed E-state index contributed by atoms with van der Waals surface area (Å²) in [5.74, 6) is -0.254. The predicted octanol–water partition coefficient (Wildman–Crippen LogP) is 1.99. The monoisotopic (exact) mass is 329 g/mol. The molecule has 1 amide bonds. The van der Waals surface area contributed by atoms with Crippen molar-refractivity contribution in [2.75, 3.05) is 19.7 Å². The lowest BCUT2D eigenvalue weighted by molar-refractivity contribution is -0.154. The van der Waals surface area contributed by atoms with Crippen molar-refractivity contribution in [2.45, 2.75) is 37.5 Å². The molecule has 2 unspecified atom stereocenters. The molecule has 0 saturated carbocycles. The van der Waals surface area contributed by atoms with E-state index in [9.17, 15) is 18.0 Å². The topological polar surface area (TPSA) is 54.5 Å². The first-order valence-corrected chi connectivity index (χ1v) is 7.63. The first-order valence-electron chi connectivity index (χ1n) is 7.63. The first-order chi connectivity index (χ1) is 10.9. The third kappa shape index (κ3) is 3.74. The van der Waals surface area contributed by atoms with Gasteiger partial charge < -0.3 is 15.0 Å². The van der Waals surface area contributed by atoms with E-state index >= 15 is 0 Å². The van der Waals surface area contributed by atoms with E-state index < -0.39 is 12.8 Å². The van der Waals surface area contributed by atoms with Crippen molar-refractivity contribution in [3.63, 3.8) is 0 Å². The summed E-state index contributed by atoms with van der Waals surface area (Å²) >= 11 is 0. The molecule has 5 nitrogen and oxygen atoms in total. The van der Waals surface area contributed by atoms with Gasteiger partial charge in [-0.15, -0.1) is 0 Å². The number of alkyl halides is 3. The van der Waals surface area contributed by atoms with E-state index in [4.69, 9.17) is 0 Å². The average molecular weight is 329 g/mol. The molecular formula is C15H18F3N3O2. The summed E-state index contributed by atoms with van der Waals surface area (Å²) in [4.78, 5) is 18.4. The van der Waals surface area contributed by atoms with Crippen molar-refractivity contribution in [3.8, 4) is 5.88 Å². The maximum absolute atomic E-state index is 12.7. The second-order valence-electron chi connectivity index (χ2n) is 5.88. The van der Waals surface area contributed by atoms with Crippen LogP contribution < -0.4 is 10.1 Å². The number of carbonyl (C=O) groups is 1. The standard InChI is InChI=1S/C15H18F3N3O2/c16-15(17,18)9-23-13-4-1-10(7-20-13)14(22)21-11-2-3-12(21)8-19-6-5-11/h1,4,7,11-12,19H,2-3,5-6,8-9H2. The van der Waals surface area contributed by atoms with Gasteiger partial charge in [0.25, 0.3) is 5.91 Å². The fourth-order valence-electron chi connectivity index (χ4n) is 3.21. The second kappa shape index (κ2) is 6.35. The SMILES string of the molecule is O=C(c1ccc(OCC(F)(F)F)nc1)N1C2CCNCC1CC2. The van der Waals surface area contributed by atoms with Crippen LogP contribution in [0.2, 0.25) is 0 Å². The Morgan fingerprint density at radius 2 is 2.09 bits per heavy atom. The number of carbonyl (C=O) groups excluding carboxylic acids is 1.